The quantitative estimate of drug-likeness (QED) is 0.428. The maximum absolute atomic E-state index is 13.3. The monoisotopic (exact) mass is 342 g/mol. The minimum Gasteiger partial charge on any atom is -0.486 e. The Hall–Kier alpha value is -0.940. The van der Waals surface area contributed by atoms with E-state index in [0.717, 1.165) is 7.11 Å². The summed E-state index contributed by atoms with van der Waals surface area (Å²) in [4.78, 5) is 4.49. The zero-order valence-corrected chi connectivity index (χ0v) is 12.5. The summed E-state index contributed by atoms with van der Waals surface area (Å²) < 4.78 is 56.9. The third kappa shape index (κ3) is 4.51. The summed E-state index contributed by atoms with van der Waals surface area (Å²) in [6.45, 7) is -0.205. The van der Waals surface area contributed by atoms with Gasteiger partial charge in [-0.1, -0.05) is 0 Å². The van der Waals surface area contributed by atoms with Gasteiger partial charge in [-0.3, -0.25) is 0 Å². The van der Waals surface area contributed by atoms with Crippen molar-refractivity contribution in [1.82, 2.24) is 0 Å². The van der Waals surface area contributed by atoms with Crippen molar-refractivity contribution in [2.45, 2.75) is 10.2 Å². The predicted molar refractivity (Wildman–Crippen MR) is 70.4 cm³/mol. The summed E-state index contributed by atoms with van der Waals surface area (Å²) in [5.41, 5.74) is 0. The van der Waals surface area contributed by atoms with Gasteiger partial charge >= 0.3 is 5.25 Å². The Kier molecular flexibility index (Phi) is 5.76. The number of alkyl halides is 2. The topological polar surface area (TPSA) is 63.2 Å². The third-order valence-corrected chi connectivity index (χ3v) is 3.82. The molecule has 0 aliphatic carbocycles. The van der Waals surface area contributed by atoms with Gasteiger partial charge < -0.3 is 13.7 Å². The Bertz CT molecular complexity index is 513. The second kappa shape index (κ2) is 7.36. The zero-order chi connectivity index (χ0) is 15.3. The molecule has 0 N–H and O–H groups in total. The van der Waals surface area contributed by atoms with E-state index in [-0.39, 0.29) is 0 Å². The Morgan fingerprint density at radius 3 is 2.76 bits per heavy atom. The largest absolute Gasteiger partial charge is 0.486 e. The van der Waals surface area contributed by atoms with Crippen LogP contribution in [0.5, 0.6) is 11.5 Å². The molecule has 0 radical (unpaired) electrons. The first-order chi connectivity index (χ1) is 10.0. The van der Waals surface area contributed by atoms with E-state index in [1.54, 1.807) is 18.2 Å². The van der Waals surface area contributed by atoms with Crippen molar-refractivity contribution in [3.8, 4) is 11.5 Å². The van der Waals surface area contributed by atoms with E-state index in [1.807, 2.05) is 0 Å². The van der Waals surface area contributed by atoms with Gasteiger partial charge in [-0.05, 0) is 18.2 Å². The number of rotatable bonds is 7. The molecule has 1 unspecified atom stereocenters. The lowest BCUT2D eigenvalue weighted by molar-refractivity contribution is -0.174. The molecule has 118 valence electrons. The molecule has 0 bridgehead atoms. The second-order valence-corrected chi connectivity index (χ2v) is 5.83. The van der Waals surface area contributed by atoms with Crippen LogP contribution in [0.25, 0.3) is 0 Å². The molecule has 1 heterocycles. The number of fused-ring (bicyclic) bond motifs is 1. The Balaban J connectivity index is 1.87. The van der Waals surface area contributed by atoms with Crippen LogP contribution in [0.3, 0.4) is 0 Å². The number of halogens is 2. The summed E-state index contributed by atoms with van der Waals surface area (Å²) >= 11 is -2.22. The molecule has 1 aliphatic heterocycles. The van der Waals surface area contributed by atoms with Gasteiger partial charge in [0.15, 0.2) is 11.5 Å². The average Bonchev–Trinajstić information content (AvgIpc) is 2.47. The molecular formula is C11H12F2O6S2. The number of hydrogen-bond donors (Lipinski definition) is 0. The highest BCUT2D eigenvalue weighted by Crippen LogP contribution is 2.35. The third-order valence-electron chi connectivity index (χ3n) is 2.27. The van der Waals surface area contributed by atoms with Gasteiger partial charge in [-0.25, -0.2) is 9.10 Å². The Morgan fingerprint density at radius 1 is 1.33 bits per heavy atom. The van der Waals surface area contributed by atoms with E-state index in [4.69, 9.17) is 13.7 Å². The van der Waals surface area contributed by atoms with Crippen molar-refractivity contribution in [3.05, 3.63) is 18.2 Å². The van der Waals surface area contributed by atoms with Crippen molar-refractivity contribution in [3.63, 3.8) is 0 Å². The summed E-state index contributed by atoms with van der Waals surface area (Å²) in [5, 5.41) is -3.68. The van der Waals surface area contributed by atoms with Crippen molar-refractivity contribution in [2.24, 2.45) is 0 Å². The fourth-order valence-electron chi connectivity index (χ4n) is 1.40. The molecule has 1 aliphatic rings. The van der Waals surface area contributed by atoms with Gasteiger partial charge in [0.05, 0.1) is 7.11 Å². The first kappa shape index (κ1) is 16.4. The first-order valence-corrected chi connectivity index (χ1v) is 7.54. The number of ether oxygens (including phenoxy) is 2. The normalized spacial score (nSPS) is 15.8. The molecule has 21 heavy (non-hydrogen) atoms. The molecule has 2 rings (SSSR count). The second-order valence-electron chi connectivity index (χ2n) is 3.76. The maximum atomic E-state index is 13.3. The molecule has 0 saturated carbocycles. The molecule has 0 spiro atoms. The van der Waals surface area contributed by atoms with Crippen LogP contribution in [0.2, 0.25) is 0 Å². The first-order valence-electron chi connectivity index (χ1n) is 5.73. The highest BCUT2D eigenvalue weighted by molar-refractivity contribution is 7.94. The van der Waals surface area contributed by atoms with Gasteiger partial charge in [-0.2, -0.15) is 8.78 Å². The molecule has 0 fully saturated rings. The Morgan fingerprint density at radius 2 is 2.05 bits per heavy atom. The van der Waals surface area contributed by atoms with Crippen molar-refractivity contribution in [2.75, 3.05) is 26.9 Å². The van der Waals surface area contributed by atoms with Crippen LogP contribution in [0.1, 0.15) is 0 Å². The SMILES string of the molecule is COOS(=O)C(F)(F)COSc1ccc2c(c1)OCCO2. The summed E-state index contributed by atoms with van der Waals surface area (Å²) in [6, 6.07) is 4.91. The molecule has 0 aromatic heterocycles. The van der Waals surface area contributed by atoms with Crippen LogP contribution in [-0.4, -0.2) is 36.4 Å². The summed E-state index contributed by atoms with van der Waals surface area (Å²) in [7, 11) is 0.985. The summed E-state index contributed by atoms with van der Waals surface area (Å²) in [5.74, 6) is 1.11. The average molecular weight is 342 g/mol. The predicted octanol–water partition coefficient (Wildman–Crippen LogP) is 2.32. The smallest absolute Gasteiger partial charge is 0.371 e. The molecule has 1 aromatic carbocycles. The molecule has 10 heteroatoms. The van der Waals surface area contributed by atoms with Crippen LogP contribution in [0.4, 0.5) is 8.78 Å². The number of hydrogen-bond acceptors (Lipinski definition) is 7. The van der Waals surface area contributed by atoms with Gasteiger partial charge in [0.25, 0.3) is 11.1 Å². The molecule has 0 amide bonds. The van der Waals surface area contributed by atoms with E-state index in [1.165, 1.54) is 0 Å². The lowest BCUT2D eigenvalue weighted by atomic mass is 10.3. The van der Waals surface area contributed by atoms with Gasteiger partial charge in [0, 0.05) is 16.9 Å². The molecule has 1 atom stereocenters. The number of benzene rings is 1. The Labute approximate surface area is 126 Å². The van der Waals surface area contributed by atoms with E-state index in [0.29, 0.717) is 41.7 Å². The van der Waals surface area contributed by atoms with Crippen LogP contribution < -0.4 is 9.47 Å². The van der Waals surface area contributed by atoms with E-state index >= 15 is 0 Å². The van der Waals surface area contributed by atoms with E-state index in [2.05, 4.69) is 9.22 Å². The van der Waals surface area contributed by atoms with Gasteiger partial charge in [0.2, 0.25) is 0 Å². The van der Waals surface area contributed by atoms with E-state index < -0.39 is 22.9 Å². The molecule has 6 nitrogen and oxygen atoms in total. The lowest BCUT2D eigenvalue weighted by Crippen LogP contribution is -2.29. The molecule has 1 aromatic rings. The minimum atomic E-state index is -3.68. The highest BCUT2D eigenvalue weighted by atomic mass is 32.2. The lowest BCUT2D eigenvalue weighted by Gasteiger charge is -2.18. The summed E-state index contributed by atoms with van der Waals surface area (Å²) in [6.07, 6.45) is 0. The van der Waals surface area contributed by atoms with Gasteiger partial charge in [0.1, 0.15) is 19.8 Å². The fourth-order valence-corrected chi connectivity index (χ4v) is 2.48. The van der Waals surface area contributed by atoms with Gasteiger partial charge in [-0.15, -0.1) is 4.33 Å². The van der Waals surface area contributed by atoms with Crippen molar-refractivity contribution >= 4 is 23.1 Å². The minimum absolute atomic E-state index is 0.424. The fraction of sp³-hybridized carbons (Fsp3) is 0.455. The molecular weight excluding hydrogens is 330 g/mol. The van der Waals surface area contributed by atoms with Crippen LogP contribution >= 0.6 is 12.0 Å². The maximum Gasteiger partial charge on any atom is 0.371 e. The standard InChI is InChI=1S/C11H12F2O6S2/c1-15-19-21(14)11(12,13)7-18-20-8-2-3-9-10(6-8)17-5-4-16-9/h2-3,6H,4-5,7H2,1H3. The van der Waals surface area contributed by atoms with Crippen LogP contribution in [0, 0.1) is 0 Å². The molecule has 0 saturated heterocycles. The van der Waals surface area contributed by atoms with Crippen LogP contribution in [0.15, 0.2) is 23.1 Å². The van der Waals surface area contributed by atoms with Crippen molar-refractivity contribution in [1.29, 1.82) is 0 Å². The zero-order valence-electron chi connectivity index (χ0n) is 10.9. The van der Waals surface area contributed by atoms with E-state index in [9.17, 15) is 13.0 Å². The van der Waals surface area contributed by atoms with Crippen LogP contribution in [-0.2, 0) is 24.5 Å². The van der Waals surface area contributed by atoms with Crippen molar-refractivity contribution < 1.29 is 35.9 Å². The highest BCUT2D eigenvalue weighted by Gasteiger charge is 2.40.